The standard InChI is InChI=1S/C4H5ClN2O/c5-4(8)3-1-6-2-7-3/h1-2,4,8H,(H,6,7). The van der Waals surface area contributed by atoms with Gasteiger partial charge in [-0.2, -0.15) is 0 Å². The minimum absolute atomic E-state index is 0.520. The molecule has 0 amide bonds. The van der Waals surface area contributed by atoms with Crippen LogP contribution in [0.15, 0.2) is 12.5 Å². The largest absolute Gasteiger partial charge is 0.372 e. The first kappa shape index (κ1) is 5.59. The van der Waals surface area contributed by atoms with E-state index in [0.717, 1.165) is 0 Å². The van der Waals surface area contributed by atoms with Crippen LogP contribution in [0, 0.1) is 0 Å². The van der Waals surface area contributed by atoms with E-state index < -0.39 is 5.56 Å². The molecule has 44 valence electrons. The van der Waals surface area contributed by atoms with Crippen molar-refractivity contribution >= 4 is 11.6 Å². The van der Waals surface area contributed by atoms with Crippen LogP contribution in [0.25, 0.3) is 0 Å². The normalized spacial score (nSPS) is 13.8. The van der Waals surface area contributed by atoms with Gasteiger partial charge in [0, 0.05) is 0 Å². The molecule has 0 fully saturated rings. The van der Waals surface area contributed by atoms with Gasteiger partial charge in [0.1, 0.15) is 0 Å². The molecular weight excluding hydrogens is 128 g/mol. The molecule has 0 spiro atoms. The van der Waals surface area contributed by atoms with Crippen LogP contribution in [0.3, 0.4) is 0 Å². The van der Waals surface area contributed by atoms with Crippen LogP contribution < -0.4 is 0 Å². The van der Waals surface area contributed by atoms with Crippen LogP contribution in [-0.2, 0) is 0 Å². The summed E-state index contributed by atoms with van der Waals surface area (Å²) in [6, 6.07) is 0. The third kappa shape index (κ3) is 0.993. The van der Waals surface area contributed by atoms with Crippen LogP contribution in [0.1, 0.15) is 11.3 Å². The van der Waals surface area contributed by atoms with E-state index in [1.54, 1.807) is 0 Å². The summed E-state index contributed by atoms with van der Waals surface area (Å²) >= 11 is 5.23. The van der Waals surface area contributed by atoms with E-state index >= 15 is 0 Å². The summed E-state index contributed by atoms with van der Waals surface area (Å²) in [5, 5.41) is 8.61. The maximum Gasteiger partial charge on any atom is 0.169 e. The minimum Gasteiger partial charge on any atom is -0.372 e. The Balaban J connectivity index is 2.77. The average molecular weight is 133 g/mol. The molecule has 1 heterocycles. The Hall–Kier alpha value is -0.540. The van der Waals surface area contributed by atoms with Gasteiger partial charge in [-0.05, 0) is 0 Å². The monoisotopic (exact) mass is 132 g/mol. The van der Waals surface area contributed by atoms with Gasteiger partial charge in [0.05, 0.1) is 18.2 Å². The van der Waals surface area contributed by atoms with Crippen molar-refractivity contribution in [1.82, 2.24) is 9.97 Å². The number of aromatic nitrogens is 2. The summed E-state index contributed by atoms with van der Waals surface area (Å²) in [5.41, 5.74) is -0.441. The zero-order valence-electron chi connectivity index (χ0n) is 4.00. The third-order valence-electron chi connectivity index (χ3n) is 0.776. The third-order valence-corrected chi connectivity index (χ3v) is 1.01. The fourth-order valence-corrected chi connectivity index (χ4v) is 0.516. The number of alkyl halides is 1. The minimum atomic E-state index is -0.961. The number of rotatable bonds is 1. The average Bonchev–Trinajstić information content (AvgIpc) is 2.12. The smallest absolute Gasteiger partial charge is 0.169 e. The summed E-state index contributed by atoms with van der Waals surface area (Å²) in [5.74, 6) is 0. The maximum absolute atomic E-state index is 8.61. The molecule has 2 N–H and O–H groups in total. The molecule has 3 nitrogen and oxygen atoms in total. The highest BCUT2D eigenvalue weighted by atomic mass is 35.5. The van der Waals surface area contributed by atoms with E-state index in [2.05, 4.69) is 9.97 Å². The number of aliphatic hydroxyl groups is 1. The zero-order valence-corrected chi connectivity index (χ0v) is 4.76. The number of H-pyrrole nitrogens is 1. The van der Waals surface area contributed by atoms with Crippen LogP contribution in [0.4, 0.5) is 0 Å². The first-order valence-corrected chi connectivity index (χ1v) is 2.55. The first-order valence-electron chi connectivity index (χ1n) is 2.11. The molecule has 1 unspecified atom stereocenters. The predicted molar refractivity (Wildman–Crippen MR) is 29.4 cm³/mol. The predicted octanol–water partition coefficient (Wildman–Crippen LogP) is 0.639. The molecule has 0 aromatic carbocycles. The lowest BCUT2D eigenvalue weighted by Crippen LogP contribution is -1.85. The summed E-state index contributed by atoms with van der Waals surface area (Å²) in [6.07, 6.45) is 2.93. The Bertz CT molecular complexity index is 149. The van der Waals surface area contributed by atoms with E-state index in [4.69, 9.17) is 16.7 Å². The molecule has 1 aromatic rings. The molecule has 0 aliphatic rings. The highest BCUT2D eigenvalue weighted by Crippen LogP contribution is 2.11. The molecule has 0 aliphatic carbocycles. The fourth-order valence-electron chi connectivity index (χ4n) is 0.397. The van der Waals surface area contributed by atoms with Crippen LogP contribution >= 0.6 is 11.6 Å². The number of hydrogen-bond acceptors (Lipinski definition) is 2. The van der Waals surface area contributed by atoms with Crippen molar-refractivity contribution in [2.45, 2.75) is 5.56 Å². The zero-order chi connectivity index (χ0) is 5.98. The van der Waals surface area contributed by atoms with Gasteiger partial charge in [-0.25, -0.2) is 4.98 Å². The summed E-state index contributed by atoms with van der Waals surface area (Å²) in [4.78, 5) is 6.29. The number of nitrogens with zero attached hydrogens (tertiary/aromatic N) is 1. The quantitative estimate of drug-likeness (QED) is 0.551. The Kier molecular flexibility index (Phi) is 1.50. The fraction of sp³-hybridized carbons (Fsp3) is 0.250. The van der Waals surface area contributed by atoms with Crippen molar-refractivity contribution in [3.63, 3.8) is 0 Å². The van der Waals surface area contributed by atoms with Crippen molar-refractivity contribution in [1.29, 1.82) is 0 Å². The molecular formula is C4H5ClN2O. The van der Waals surface area contributed by atoms with E-state index in [-0.39, 0.29) is 0 Å². The van der Waals surface area contributed by atoms with E-state index in [0.29, 0.717) is 5.69 Å². The number of nitrogens with one attached hydrogen (secondary N) is 1. The van der Waals surface area contributed by atoms with Gasteiger partial charge >= 0.3 is 0 Å². The van der Waals surface area contributed by atoms with E-state index in [9.17, 15) is 0 Å². The molecule has 0 bridgehead atoms. The van der Waals surface area contributed by atoms with Gasteiger partial charge < -0.3 is 10.1 Å². The molecule has 0 saturated heterocycles. The van der Waals surface area contributed by atoms with Gasteiger partial charge in [-0.3, -0.25) is 0 Å². The SMILES string of the molecule is OC(Cl)c1cnc[nH]1. The molecule has 4 heteroatoms. The Morgan fingerprint density at radius 3 is 2.88 bits per heavy atom. The topological polar surface area (TPSA) is 48.9 Å². The number of imidazole rings is 1. The lowest BCUT2D eigenvalue weighted by molar-refractivity contribution is 0.258. The number of hydrogen-bond donors (Lipinski definition) is 2. The molecule has 1 rings (SSSR count). The number of aromatic amines is 1. The lowest BCUT2D eigenvalue weighted by Gasteiger charge is -1.92. The summed E-state index contributed by atoms with van der Waals surface area (Å²) in [7, 11) is 0. The molecule has 0 radical (unpaired) electrons. The van der Waals surface area contributed by atoms with Crippen molar-refractivity contribution in [2.24, 2.45) is 0 Å². The summed E-state index contributed by atoms with van der Waals surface area (Å²) in [6.45, 7) is 0. The second kappa shape index (κ2) is 2.15. The van der Waals surface area contributed by atoms with Gasteiger partial charge in [-0.15, -0.1) is 0 Å². The molecule has 0 saturated carbocycles. The van der Waals surface area contributed by atoms with Gasteiger partial charge in [0.15, 0.2) is 5.56 Å². The Morgan fingerprint density at radius 2 is 2.62 bits per heavy atom. The van der Waals surface area contributed by atoms with Crippen LogP contribution in [0.5, 0.6) is 0 Å². The van der Waals surface area contributed by atoms with Gasteiger partial charge in [0.25, 0.3) is 0 Å². The molecule has 1 aromatic heterocycles. The highest BCUT2D eigenvalue weighted by Gasteiger charge is 2.00. The van der Waals surface area contributed by atoms with Crippen molar-refractivity contribution < 1.29 is 5.11 Å². The van der Waals surface area contributed by atoms with Gasteiger partial charge in [0.2, 0.25) is 0 Å². The van der Waals surface area contributed by atoms with Crippen molar-refractivity contribution in [2.75, 3.05) is 0 Å². The van der Waals surface area contributed by atoms with E-state index in [1.165, 1.54) is 12.5 Å². The maximum atomic E-state index is 8.61. The Morgan fingerprint density at radius 1 is 1.88 bits per heavy atom. The first-order chi connectivity index (χ1) is 3.80. The van der Waals surface area contributed by atoms with Gasteiger partial charge in [-0.1, -0.05) is 11.6 Å². The molecule has 0 aliphatic heterocycles. The molecule has 8 heavy (non-hydrogen) atoms. The second-order valence-corrected chi connectivity index (χ2v) is 1.76. The highest BCUT2D eigenvalue weighted by molar-refractivity contribution is 6.19. The second-order valence-electron chi connectivity index (χ2n) is 1.34. The molecule has 1 atom stereocenters. The van der Waals surface area contributed by atoms with Crippen molar-refractivity contribution in [3.8, 4) is 0 Å². The van der Waals surface area contributed by atoms with Crippen LogP contribution in [-0.4, -0.2) is 15.1 Å². The number of aliphatic hydroxyl groups excluding tert-OH is 1. The summed E-state index contributed by atoms with van der Waals surface area (Å²) < 4.78 is 0. The number of halogens is 1. The Labute approximate surface area is 51.3 Å². The van der Waals surface area contributed by atoms with E-state index in [1.807, 2.05) is 0 Å². The lowest BCUT2D eigenvalue weighted by atomic mass is 10.5. The van der Waals surface area contributed by atoms with Crippen molar-refractivity contribution in [3.05, 3.63) is 18.2 Å². The van der Waals surface area contributed by atoms with Crippen LogP contribution in [0.2, 0.25) is 0 Å².